The van der Waals surface area contributed by atoms with E-state index in [-0.39, 0.29) is 0 Å². The van der Waals surface area contributed by atoms with Gasteiger partial charge in [-0.2, -0.15) is 0 Å². The van der Waals surface area contributed by atoms with Gasteiger partial charge in [-0.25, -0.2) is 4.98 Å². The minimum Gasteiger partial charge on any atom is -0.497 e. The average molecular weight is 267 g/mol. The molecule has 0 aliphatic carbocycles. The van der Waals surface area contributed by atoms with E-state index < -0.39 is 0 Å². The predicted octanol–water partition coefficient (Wildman–Crippen LogP) is 3.48. The summed E-state index contributed by atoms with van der Waals surface area (Å²) < 4.78 is 5.09. The van der Waals surface area contributed by atoms with E-state index in [0.717, 1.165) is 15.7 Å². The molecule has 2 aromatic rings. The Kier molecular flexibility index (Phi) is 3.76. The maximum atomic E-state index is 5.83. The van der Waals surface area contributed by atoms with Crippen LogP contribution in [0, 0.1) is 0 Å². The first-order valence-electron chi connectivity index (χ1n) is 4.92. The first-order chi connectivity index (χ1) is 8.19. The maximum absolute atomic E-state index is 5.83. The predicted molar refractivity (Wildman–Crippen MR) is 70.8 cm³/mol. The first kappa shape index (κ1) is 12.1. The number of benzene rings is 1. The third-order valence-corrected chi connectivity index (χ3v) is 3.37. The van der Waals surface area contributed by atoms with Crippen LogP contribution >= 0.6 is 23.4 Å². The van der Waals surface area contributed by atoms with Crippen molar-refractivity contribution in [1.82, 2.24) is 4.98 Å². The van der Waals surface area contributed by atoms with Gasteiger partial charge in [0.1, 0.15) is 10.8 Å². The van der Waals surface area contributed by atoms with Crippen LogP contribution < -0.4 is 10.5 Å². The van der Waals surface area contributed by atoms with Crippen LogP contribution in [0.15, 0.2) is 46.5 Å². The number of methoxy groups -OCH3 is 1. The second-order valence-electron chi connectivity index (χ2n) is 3.33. The molecule has 0 saturated heterocycles. The van der Waals surface area contributed by atoms with E-state index in [9.17, 15) is 0 Å². The second kappa shape index (κ2) is 5.29. The molecule has 0 atom stereocenters. The van der Waals surface area contributed by atoms with Crippen molar-refractivity contribution in [1.29, 1.82) is 0 Å². The summed E-state index contributed by atoms with van der Waals surface area (Å²) in [7, 11) is 1.64. The normalized spacial score (nSPS) is 10.2. The number of halogens is 1. The molecule has 0 fully saturated rings. The molecule has 0 radical (unpaired) electrons. The molecule has 0 saturated carbocycles. The Bertz CT molecular complexity index is 516. The summed E-state index contributed by atoms with van der Waals surface area (Å²) in [5, 5.41) is 1.29. The Hall–Kier alpha value is -1.39. The molecule has 2 N–H and O–H groups in total. The van der Waals surface area contributed by atoms with Gasteiger partial charge in [0, 0.05) is 11.1 Å². The molecule has 0 aliphatic rings. The van der Waals surface area contributed by atoms with E-state index >= 15 is 0 Å². The highest BCUT2D eigenvalue weighted by Gasteiger charge is 2.04. The fourth-order valence-corrected chi connectivity index (χ4v) is 2.23. The monoisotopic (exact) mass is 266 g/mol. The molecule has 3 nitrogen and oxygen atoms in total. The lowest BCUT2D eigenvalue weighted by molar-refractivity contribution is 0.414. The lowest BCUT2D eigenvalue weighted by Gasteiger charge is -2.05. The Labute approximate surface area is 109 Å². The zero-order valence-corrected chi connectivity index (χ0v) is 10.8. The Morgan fingerprint density at radius 3 is 2.59 bits per heavy atom. The Morgan fingerprint density at radius 2 is 2.00 bits per heavy atom. The van der Waals surface area contributed by atoms with E-state index in [0.29, 0.717) is 10.7 Å². The Balaban J connectivity index is 2.19. The summed E-state index contributed by atoms with van der Waals surface area (Å²) >= 11 is 7.28. The number of nitrogens with zero attached hydrogens (tertiary/aromatic N) is 1. The van der Waals surface area contributed by atoms with Gasteiger partial charge in [-0.1, -0.05) is 23.4 Å². The summed E-state index contributed by atoms with van der Waals surface area (Å²) in [6.45, 7) is 0. The first-order valence-corrected chi connectivity index (χ1v) is 6.11. The highest BCUT2D eigenvalue weighted by atomic mass is 35.5. The molecule has 0 amide bonds. The van der Waals surface area contributed by atoms with E-state index in [1.54, 1.807) is 19.4 Å². The van der Waals surface area contributed by atoms with Crippen LogP contribution in [0.4, 0.5) is 5.69 Å². The smallest absolute Gasteiger partial charge is 0.124 e. The second-order valence-corrected chi connectivity index (χ2v) is 4.82. The van der Waals surface area contributed by atoms with Crippen molar-refractivity contribution in [2.24, 2.45) is 0 Å². The van der Waals surface area contributed by atoms with Crippen LogP contribution in [0.5, 0.6) is 5.75 Å². The van der Waals surface area contributed by atoms with Crippen LogP contribution in [-0.2, 0) is 0 Å². The van der Waals surface area contributed by atoms with Crippen molar-refractivity contribution < 1.29 is 4.74 Å². The molecule has 0 bridgehead atoms. The maximum Gasteiger partial charge on any atom is 0.124 e. The SMILES string of the molecule is COc1ccc(Sc2ncc(Cl)cc2N)cc1. The van der Waals surface area contributed by atoms with Gasteiger partial charge in [-0.3, -0.25) is 0 Å². The van der Waals surface area contributed by atoms with Crippen molar-refractivity contribution in [2.75, 3.05) is 12.8 Å². The van der Waals surface area contributed by atoms with Gasteiger partial charge in [0.2, 0.25) is 0 Å². The molecule has 0 spiro atoms. The molecular weight excluding hydrogens is 256 g/mol. The lowest BCUT2D eigenvalue weighted by atomic mass is 10.3. The molecule has 17 heavy (non-hydrogen) atoms. The zero-order valence-electron chi connectivity index (χ0n) is 9.18. The number of anilines is 1. The van der Waals surface area contributed by atoms with Gasteiger partial charge in [0.25, 0.3) is 0 Å². The molecule has 2 rings (SSSR count). The van der Waals surface area contributed by atoms with Crippen LogP contribution in [-0.4, -0.2) is 12.1 Å². The molecule has 0 aliphatic heterocycles. The number of nitrogen functional groups attached to an aromatic ring is 1. The van der Waals surface area contributed by atoms with Crippen LogP contribution in [0.25, 0.3) is 0 Å². The van der Waals surface area contributed by atoms with Crippen LogP contribution in [0.3, 0.4) is 0 Å². The number of rotatable bonds is 3. The summed E-state index contributed by atoms with van der Waals surface area (Å²) in [6, 6.07) is 9.40. The van der Waals surface area contributed by atoms with Crippen molar-refractivity contribution in [3.63, 3.8) is 0 Å². The van der Waals surface area contributed by atoms with Gasteiger partial charge in [0.05, 0.1) is 17.8 Å². The van der Waals surface area contributed by atoms with Crippen molar-refractivity contribution >= 4 is 29.1 Å². The summed E-state index contributed by atoms with van der Waals surface area (Å²) in [5.74, 6) is 0.825. The van der Waals surface area contributed by atoms with Crippen molar-refractivity contribution in [3.05, 3.63) is 41.6 Å². The number of hydrogen-bond donors (Lipinski definition) is 1. The summed E-state index contributed by atoms with van der Waals surface area (Å²) in [4.78, 5) is 5.24. The molecular formula is C12H11ClN2OS. The third kappa shape index (κ3) is 3.05. The standard InChI is InChI=1S/C12H11ClN2OS/c1-16-9-2-4-10(5-3-9)17-12-11(14)6-8(13)7-15-12/h2-7H,14H2,1H3. The van der Waals surface area contributed by atoms with Gasteiger partial charge in [-0.15, -0.1) is 0 Å². The third-order valence-electron chi connectivity index (χ3n) is 2.12. The molecule has 5 heteroatoms. The summed E-state index contributed by atoms with van der Waals surface area (Å²) in [5.41, 5.74) is 6.41. The minimum absolute atomic E-state index is 0.543. The fraction of sp³-hybridized carbons (Fsp3) is 0.0833. The molecule has 0 unspecified atom stereocenters. The van der Waals surface area contributed by atoms with E-state index in [1.807, 2.05) is 24.3 Å². The number of hydrogen-bond acceptors (Lipinski definition) is 4. The van der Waals surface area contributed by atoms with E-state index in [4.69, 9.17) is 22.1 Å². The molecule has 88 valence electrons. The summed E-state index contributed by atoms with van der Waals surface area (Å²) in [6.07, 6.45) is 1.59. The zero-order chi connectivity index (χ0) is 12.3. The average Bonchev–Trinajstić information content (AvgIpc) is 2.34. The minimum atomic E-state index is 0.543. The van der Waals surface area contributed by atoms with Crippen LogP contribution in [0.2, 0.25) is 5.02 Å². The van der Waals surface area contributed by atoms with Crippen LogP contribution in [0.1, 0.15) is 0 Å². The topological polar surface area (TPSA) is 48.1 Å². The van der Waals surface area contributed by atoms with E-state index in [1.165, 1.54) is 11.8 Å². The van der Waals surface area contributed by atoms with Gasteiger partial charge < -0.3 is 10.5 Å². The fourth-order valence-electron chi connectivity index (χ4n) is 1.28. The van der Waals surface area contributed by atoms with Crippen molar-refractivity contribution in [2.45, 2.75) is 9.92 Å². The molecule has 1 aromatic carbocycles. The highest BCUT2D eigenvalue weighted by Crippen LogP contribution is 2.32. The lowest BCUT2D eigenvalue weighted by Crippen LogP contribution is -1.91. The van der Waals surface area contributed by atoms with Crippen molar-refractivity contribution in [3.8, 4) is 5.75 Å². The number of nitrogens with two attached hydrogens (primary N) is 1. The van der Waals surface area contributed by atoms with Gasteiger partial charge >= 0.3 is 0 Å². The molecule has 1 heterocycles. The number of aromatic nitrogens is 1. The largest absolute Gasteiger partial charge is 0.497 e. The highest BCUT2D eigenvalue weighted by molar-refractivity contribution is 7.99. The van der Waals surface area contributed by atoms with Gasteiger partial charge in [-0.05, 0) is 30.3 Å². The van der Waals surface area contributed by atoms with Gasteiger partial charge in [0.15, 0.2) is 0 Å². The molecule has 1 aromatic heterocycles. The number of ether oxygens (including phenoxy) is 1. The Morgan fingerprint density at radius 1 is 1.29 bits per heavy atom. The number of pyridine rings is 1. The van der Waals surface area contributed by atoms with E-state index in [2.05, 4.69) is 4.98 Å². The quantitative estimate of drug-likeness (QED) is 0.924.